The van der Waals surface area contributed by atoms with Gasteiger partial charge in [-0.05, 0) is 24.6 Å². The maximum atomic E-state index is 12.8. The Labute approximate surface area is 218 Å². The first-order chi connectivity index (χ1) is 18.0. The molecule has 37 heavy (non-hydrogen) atoms. The van der Waals surface area contributed by atoms with Crippen molar-refractivity contribution < 1.29 is 33.6 Å². The summed E-state index contributed by atoms with van der Waals surface area (Å²) in [7, 11) is 6.33. The first kappa shape index (κ1) is 26.1. The Balaban J connectivity index is 1.47. The minimum atomic E-state index is -0.194. The van der Waals surface area contributed by atoms with Gasteiger partial charge >= 0.3 is 0 Å². The van der Waals surface area contributed by atoms with Crippen LogP contribution >= 0.6 is 11.3 Å². The Morgan fingerprint density at radius 1 is 0.973 bits per heavy atom. The number of aliphatic hydroxyl groups is 1. The van der Waals surface area contributed by atoms with Gasteiger partial charge in [-0.1, -0.05) is 11.3 Å². The SMILES string of the molecule is COc1cc(OC)c(CCNC(=O)c2cn3cc(-c4cc(OCCO)ccc4OC)nc3s2)c(OC)c1. The summed E-state index contributed by atoms with van der Waals surface area (Å²) in [6, 6.07) is 8.96. The fourth-order valence-electron chi connectivity index (χ4n) is 3.88. The number of benzene rings is 2. The number of aliphatic hydroxyl groups excluding tert-OH is 1. The van der Waals surface area contributed by atoms with Crippen LogP contribution in [0.25, 0.3) is 16.2 Å². The lowest BCUT2D eigenvalue weighted by Crippen LogP contribution is -2.25. The van der Waals surface area contributed by atoms with Crippen molar-refractivity contribution >= 4 is 22.2 Å². The van der Waals surface area contributed by atoms with E-state index in [4.69, 9.17) is 28.8 Å². The number of methoxy groups -OCH3 is 4. The van der Waals surface area contributed by atoms with Gasteiger partial charge in [0.1, 0.15) is 40.2 Å². The molecule has 1 amide bonds. The second-order valence-corrected chi connectivity index (χ2v) is 8.87. The van der Waals surface area contributed by atoms with Crippen LogP contribution in [0.5, 0.6) is 28.7 Å². The lowest BCUT2D eigenvalue weighted by Gasteiger charge is -2.15. The summed E-state index contributed by atoms with van der Waals surface area (Å²) in [5.74, 6) is 2.95. The number of aromatic nitrogens is 2. The van der Waals surface area contributed by atoms with Crippen LogP contribution in [-0.2, 0) is 6.42 Å². The van der Waals surface area contributed by atoms with E-state index in [0.717, 1.165) is 11.1 Å². The number of hydrogen-bond acceptors (Lipinski definition) is 9. The van der Waals surface area contributed by atoms with E-state index in [1.807, 2.05) is 16.7 Å². The van der Waals surface area contributed by atoms with E-state index >= 15 is 0 Å². The second-order valence-electron chi connectivity index (χ2n) is 7.86. The van der Waals surface area contributed by atoms with Crippen LogP contribution in [0.3, 0.4) is 0 Å². The summed E-state index contributed by atoms with van der Waals surface area (Å²) in [5.41, 5.74) is 2.28. The lowest BCUT2D eigenvalue weighted by molar-refractivity contribution is 0.0957. The third-order valence-electron chi connectivity index (χ3n) is 5.66. The van der Waals surface area contributed by atoms with Crippen molar-refractivity contribution in [3.8, 4) is 40.0 Å². The number of rotatable bonds is 12. The number of nitrogens with zero attached hydrogens (tertiary/aromatic N) is 2. The van der Waals surface area contributed by atoms with Crippen LogP contribution < -0.4 is 29.0 Å². The van der Waals surface area contributed by atoms with Crippen LogP contribution in [0.15, 0.2) is 42.7 Å². The molecule has 2 aromatic carbocycles. The molecule has 196 valence electrons. The van der Waals surface area contributed by atoms with E-state index in [-0.39, 0.29) is 19.1 Å². The normalized spacial score (nSPS) is 10.8. The highest BCUT2D eigenvalue weighted by Gasteiger charge is 2.17. The van der Waals surface area contributed by atoms with Gasteiger partial charge in [0.25, 0.3) is 5.91 Å². The lowest BCUT2D eigenvalue weighted by atomic mass is 10.1. The molecule has 4 rings (SSSR count). The van der Waals surface area contributed by atoms with E-state index in [0.29, 0.717) is 57.2 Å². The van der Waals surface area contributed by atoms with Gasteiger partial charge in [0.2, 0.25) is 0 Å². The van der Waals surface area contributed by atoms with Gasteiger partial charge in [-0.25, -0.2) is 4.98 Å². The van der Waals surface area contributed by atoms with E-state index in [1.54, 1.807) is 58.9 Å². The van der Waals surface area contributed by atoms with Gasteiger partial charge in [0, 0.05) is 42.2 Å². The second kappa shape index (κ2) is 11.8. The summed E-state index contributed by atoms with van der Waals surface area (Å²) in [4.78, 5) is 18.7. The van der Waals surface area contributed by atoms with Crippen LogP contribution in [0, 0.1) is 0 Å². The number of fused-ring (bicyclic) bond motifs is 1. The molecular formula is C26H29N3O7S. The molecule has 0 saturated heterocycles. The maximum Gasteiger partial charge on any atom is 0.263 e. The molecule has 0 aliphatic carbocycles. The predicted octanol–water partition coefficient (Wildman–Crippen LogP) is 3.44. The molecule has 0 saturated carbocycles. The topological polar surface area (TPSA) is 113 Å². The largest absolute Gasteiger partial charge is 0.496 e. The maximum absolute atomic E-state index is 12.8. The van der Waals surface area contributed by atoms with Crippen molar-refractivity contribution in [2.45, 2.75) is 6.42 Å². The van der Waals surface area contributed by atoms with Crippen molar-refractivity contribution in [3.63, 3.8) is 0 Å². The van der Waals surface area contributed by atoms with E-state index in [9.17, 15) is 4.79 Å². The van der Waals surface area contributed by atoms with Crippen LogP contribution in [0.1, 0.15) is 15.2 Å². The minimum absolute atomic E-state index is 0.0758. The van der Waals surface area contributed by atoms with Crippen molar-refractivity contribution in [2.75, 3.05) is 48.2 Å². The van der Waals surface area contributed by atoms with Crippen molar-refractivity contribution in [1.82, 2.24) is 14.7 Å². The smallest absolute Gasteiger partial charge is 0.263 e. The molecule has 0 spiro atoms. The van der Waals surface area contributed by atoms with E-state index < -0.39 is 0 Å². The number of ether oxygens (including phenoxy) is 5. The zero-order valence-electron chi connectivity index (χ0n) is 21.1. The minimum Gasteiger partial charge on any atom is -0.496 e. The quantitative estimate of drug-likeness (QED) is 0.288. The van der Waals surface area contributed by atoms with Crippen LogP contribution in [0.2, 0.25) is 0 Å². The van der Waals surface area contributed by atoms with E-state index in [1.165, 1.54) is 11.3 Å². The first-order valence-electron chi connectivity index (χ1n) is 11.5. The Hall–Kier alpha value is -3.96. The monoisotopic (exact) mass is 527 g/mol. The summed E-state index contributed by atoms with van der Waals surface area (Å²) in [6.07, 6.45) is 4.10. The Morgan fingerprint density at radius 2 is 1.70 bits per heavy atom. The first-order valence-corrected chi connectivity index (χ1v) is 12.3. The molecule has 0 atom stereocenters. The molecule has 2 heterocycles. The highest BCUT2D eigenvalue weighted by atomic mass is 32.1. The molecule has 2 aromatic heterocycles. The molecule has 0 aliphatic heterocycles. The Morgan fingerprint density at radius 3 is 2.32 bits per heavy atom. The molecule has 0 radical (unpaired) electrons. The third-order valence-corrected chi connectivity index (χ3v) is 6.66. The highest BCUT2D eigenvalue weighted by Crippen LogP contribution is 2.35. The summed E-state index contributed by atoms with van der Waals surface area (Å²) in [5, 5.41) is 12.0. The molecular weight excluding hydrogens is 498 g/mol. The fourth-order valence-corrected chi connectivity index (χ4v) is 4.77. The molecule has 0 fully saturated rings. The molecule has 0 aliphatic rings. The summed E-state index contributed by atoms with van der Waals surface area (Å²) in [6.45, 7) is 0.509. The summed E-state index contributed by atoms with van der Waals surface area (Å²) >= 11 is 1.29. The van der Waals surface area contributed by atoms with E-state index in [2.05, 4.69) is 10.3 Å². The van der Waals surface area contributed by atoms with Gasteiger partial charge in [-0.15, -0.1) is 0 Å². The number of hydrogen-bond donors (Lipinski definition) is 2. The van der Waals surface area contributed by atoms with Crippen molar-refractivity contribution in [3.05, 3.63) is 53.2 Å². The molecule has 0 unspecified atom stereocenters. The van der Waals surface area contributed by atoms with Gasteiger partial charge in [0.15, 0.2) is 4.96 Å². The highest BCUT2D eigenvalue weighted by molar-refractivity contribution is 7.18. The van der Waals surface area contributed by atoms with Gasteiger partial charge < -0.3 is 34.1 Å². The van der Waals surface area contributed by atoms with Crippen LogP contribution in [-0.4, -0.2) is 68.6 Å². The molecule has 0 bridgehead atoms. The Bertz CT molecular complexity index is 1330. The number of carbonyl (C=O) groups is 1. The van der Waals surface area contributed by atoms with Gasteiger partial charge in [-0.3, -0.25) is 9.20 Å². The fraction of sp³-hybridized carbons (Fsp3) is 0.308. The number of imidazole rings is 1. The number of amides is 1. The van der Waals surface area contributed by atoms with Crippen LogP contribution in [0.4, 0.5) is 0 Å². The van der Waals surface area contributed by atoms with Crippen molar-refractivity contribution in [2.24, 2.45) is 0 Å². The number of thiazole rings is 1. The Kier molecular flexibility index (Phi) is 8.36. The zero-order valence-corrected chi connectivity index (χ0v) is 21.9. The molecule has 10 nitrogen and oxygen atoms in total. The van der Waals surface area contributed by atoms with Crippen molar-refractivity contribution in [1.29, 1.82) is 0 Å². The van der Waals surface area contributed by atoms with Gasteiger partial charge in [-0.2, -0.15) is 0 Å². The standard InChI is InChI=1S/C26H29N3O7S/c1-32-17-12-22(34-3)18(23(13-17)35-4)7-8-27-25(31)24-15-29-14-20(28-26(29)37-24)19-11-16(36-10-9-30)5-6-21(19)33-2/h5-6,11-15,30H,7-10H2,1-4H3,(H,27,31). The average Bonchev–Trinajstić information content (AvgIpc) is 3.51. The molecule has 4 aromatic rings. The average molecular weight is 528 g/mol. The third kappa shape index (κ3) is 5.73. The zero-order chi connectivity index (χ0) is 26.4. The number of carbonyl (C=O) groups excluding carboxylic acids is 1. The number of nitrogens with one attached hydrogen (secondary N) is 1. The summed E-state index contributed by atoms with van der Waals surface area (Å²) < 4.78 is 29.1. The predicted molar refractivity (Wildman–Crippen MR) is 140 cm³/mol. The molecule has 11 heteroatoms. The van der Waals surface area contributed by atoms with Gasteiger partial charge in [0.05, 0.1) is 40.7 Å². The molecule has 2 N–H and O–H groups in total.